The van der Waals surface area contributed by atoms with Gasteiger partial charge in [-0.2, -0.15) is 0 Å². The van der Waals surface area contributed by atoms with Gasteiger partial charge >= 0.3 is 0 Å². The first-order valence-electron chi connectivity index (χ1n) is 13.2. The fourth-order valence-electron chi connectivity index (χ4n) is 6.34. The quantitative estimate of drug-likeness (QED) is 0.598. The maximum Gasteiger partial charge on any atom is 0.261 e. The maximum atomic E-state index is 13.4. The predicted octanol–water partition coefficient (Wildman–Crippen LogP) is 4.46. The second kappa shape index (κ2) is 10.8. The van der Waals surface area contributed by atoms with E-state index in [1.54, 1.807) is 0 Å². The van der Waals surface area contributed by atoms with Crippen LogP contribution in [0, 0.1) is 5.92 Å². The van der Waals surface area contributed by atoms with Gasteiger partial charge in [0.15, 0.2) is 0 Å². The number of nitrogens with zero attached hydrogens (tertiary/aromatic N) is 1. The fraction of sp³-hybridized carbons (Fsp3) is 0.552. The van der Waals surface area contributed by atoms with Gasteiger partial charge in [0.2, 0.25) is 5.91 Å². The molecule has 2 aliphatic rings. The third-order valence-electron chi connectivity index (χ3n) is 8.01. The largest absolute Gasteiger partial charge is 0.407 e. The predicted molar refractivity (Wildman–Crippen MR) is 143 cm³/mol. The summed E-state index contributed by atoms with van der Waals surface area (Å²) in [6, 6.07) is 21.2. The Morgan fingerprint density at radius 1 is 0.971 bits per heavy atom. The summed E-state index contributed by atoms with van der Waals surface area (Å²) in [6.07, 6.45) is 7.87. The van der Waals surface area contributed by atoms with Crippen molar-refractivity contribution in [3.63, 3.8) is 0 Å². The lowest BCUT2D eigenvalue weighted by Crippen LogP contribution is -2.66. The Morgan fingerprint density at radius 2 is 1.53 bits per heavy atom. The molecule has 1 saturated carbocycles. The van der Waals surface area contributed by atoms with Crippen LogP contribution >= 0.6 is 0 Å². The van der Waals surface area contributed by atoms with Crippen LogP contribution in [0.1, 0.15) is 65.7 Å². The number of amides is 1. The number of carbonyl (C=O) groups is 1. The highest BCUT2D eigenvalue weighted by atomic mass is 28.4. The van der Waals surface area contributed by atoms with Gasteiger partial charge in [-0.15, -0.1) is 0 Å². The first-order chi connectivity index (χ1) is 16.3. The molecule has 2 fully saturated rings. The van der Waals surface area contributed by atoms with Crippen LogP contribution in [-0.2, 0) is 9.22 Å². The molecular formula is C29H42N2O2Si. The molecule has 2 aromatic rings. The van der Waals surface area contributed by atoms with E-state index in [0.29, 0.717) is 25.0 Å². The van der Waals surface area contributed by atoms with E-state index in [9.17, 15) is 4.79 Å². The van der Waals surface area contributed by atoms with Crippen molar-refractivity contribution in [3.05, 3.63) is 60.7 Å². The molecule has 4 nitrogen and oxygen atoms in total. The van der Waals surface area contributed by atoms with Crippen molar-refractivity contribution >= 4 is 24.6 Å². The smallest absolute Gasteiger partial charge is 0.261 e. The van der Waals surface area contributed by atoms with Gasteiger partial charge in [0.25, 0.3) is 8.32 Å². The average molecular weight is 479 g/mol. The molecule has 0 spiro atoms. The molecule has 34 heavy (non-hydrogen) atoms. The number of carbonyl (C=O) groups excluding carboxylic acids is 1. The maximum absolute atomic E-state index is 13.4. The topological polar surface area (TPSA) is 55.6 Å². The van der Waals surface area contributed by atoms with Gasteiger partial charge in [-0.25, -0.2) is 0 Å². The summed E-state index contributed by atoms with van der Waals surface area (Å²) in [4.78, 5) is 15.5. The molecule has 0 aromatic heterocycles. The van der Waals surface area contributed by atoms with Gasteiger partial charge in [-0.05, 0) is 53.4 Å². The number of benzene rings is 2. The average Bonchev–Trinajstić information content (AvgIpc) is 2.86. The number of fused-ring (bicyclic) bond motifs is 1. The van der Waals surface area contributed by atoms with Crippen LogP contribution in [0.5, 0.6) is 0 Å². The molecule has 4 rings (SSSR count). The van der Waals surface area contributed by atoms with Crippen LogP contribution in [0.4, 0.5) is 0 Å². The highest BCUT2D eigenvalue weighted by Crippen LogP contribution is 2.37. The molecule has 0 unspecified atom stereocenters. The molecule has 184 valence electrons. The molecule has 1 saturated heterocycles. The molecule has 1 heterocycles. The van der Waals surface area contributed by atoms with Crippen molar-refractivity contribution in [3.8, 4) is 0 Å². The van der Waals surface area contributed by atoms with Crippen LogP contribution in [0.25, 0.3) is 0 Å². The second-order valence-electron chi connectivity index (χ2n) is 11.2. The Morgan fingerprint density at radius 3 is 2.12 bits per heavy atom. The van der Waals surface area contributed by atoms with E-state index in [2.05, 4.69) is 86.3 Å². The monoisotopic (exact) mass is 478 g/mol. The van der Waals surface area contributed by atoms with Crippen LogP contribution in [0.3, 0.4) is 0 Å². The molecule has 1 aliphatic heterocycles. The van der Waals surface area contributed by atoms with Crippen molar-refractivity contribution in [1.29, 1.82) is 0 Å². The Hall–Kier alpha value is -1.95. The first-order valence-corrected chi connectivity index (χ1v) is 15.1. The number of nitrogens with two attached hydrogens (primary N) is 1. The van der Waals surface area contributed by atoms with Gasteiger partial charge in [-0.3, -0.25) is 4.79 Å². The van der Waals surface area contributed by atoms with Gasteiger partial charge in [0.1, 0.15) is 0 Å². The van der Waals surface area contributed by atoms with Gasteiger partial charge in [0, 0.05) is 19.2 Å². The summed E-state index contributed by atoms with van der Waals surface area (Å²) in [5.74, 6) is 0.801. The van der Waals surface area contributed by atoms with E-state index in [4.69, 9.17) is 10.2 Å². The summed E-state index contributed by atoms with van der Waals surface area (Å²) in [5, 5.41) is 2.44. The molecule has 3 atom stereocenters. The Labute approximate surface area is 207 Å². The molecule has 5 heteroatoms. The summed E-state index contributed by atoms with van der Waals surface area (Å²) in [5.41, 5.74) is 6.53. The van der Waals surface area contributed by atoms with E-state index in [1.807, 2.05) is 0 Å². The molecule has 0 radical (unpaired) electrons. The van der Waals surface area contributed by atoms with Crippen molar-refractivity contribution in [2.24, 2.45) is 11.7 Å². The van der Waals surface area contributed by atoms with Crippen molar-refractivity contribution in [2.45, 2.75) is 82.8 Å². The lowest BCUT2D eigenvalue weighted by atomic mass is 9.78. The zero-order valence-corrected chi connectivity index (χ0v) is 22.2. The van der Waals surface area contributed by atoms with Gasteiger partial charge in [0.05, 0.1) is 6.04 Å². The summed E-state index contributed by atoms with van der Waals surface area (Å²) in [6.45, 7) is 8.19. The van der Waals surface area contributed by atoms with Gasteiger partial charge < -0.3 is 15.1 Å². The SMILES string of the molecule is CC(C)(C)[Si](OCC[C@@H](N)C(=O)N1CCC[C@H]2CCCC[C@@H]21)(c1ccccc1)c1ccccc1. The molecular weight excluding hydrogens is 436 g/mol. The normalized spacial score (nSPS) is 22.2. The summed E-state index contributed by atoms with van der Waals surface area (Å²) >= 11 is 0. The van der Waals surface area contributed by atoms with Crippen molar-refractivity contribution in [2.75, 3.05) is 13.2 Å². The Bertz CT molecular complexity index is 887. The number of likely N-dealkylation sites (tertiary alicyclic amines) is 1. The molecule has 1 aliphatic carbocycles. The van der Waals surface area contributed by atoms with E-state index < -0.39 is 14.4 Å². The third kappa shape index (κ3) is 5.02. The molecule has 1 amide bonds. The zero-order valence-electron chi connectivity index (χ0n) is 21.2. The number of hydrogen-bond donors (Lipinski definition) is 1. The minimum Gasteiger partial charge on any atom is -0.407 e. The van der Waals surface area contributed by atoms with Crippen molar-refractivity contribution in [1.82, 2.24) is 4.90 Å². The van der Waals surface area contributed by atoms with E-state index in [-0.39, 0.29) is 10.9 Å². The van der Waals surface area contributed by atoms with Crippen LogP contribution in [0.15, 0.2) is 60.7 Å². The lowest BCUT2D eigenvalue weighted by molar-refractivity contribution is -0.139. The molecule has 2 aromatic carbocycles. The minimum absolute atomic E-state index is 0.0774. The van der Waals surface area contributed by atoms with E-state index in [1.165, 1.54) is 36.1 Å². The Kier molecular flexibility index (Phi) is 7.96. The summed E-state index contributed by atoms with van der Waals surface area (Å²) in [7, 11) is -2.60. The van der Waals surface area contributed by atoms with Crippen molar-refractivity contribution < 1.29 is 9.22 Å². The molecule has 2 N–H and O–H groups in total. The standard InChI is InChI=1S/C29H42N2O2Si/c1-29(2,3)34(24-15-6-4-7-16-24,25-17-8-5-9-18-25)33-22-20-26(30)28(32)31-21-12-14-23-13-10-11-19-27(23)31/h4-9,15-18,23,26-27H,10-14,19-22,30H2,1-3H3/t23-,26-,27+/m1/s1. The van der Waals surface area contributed by atoms with Crippen LogP contribution in [0.2, 0.25) is 5.04 Å². The summed E-state index contributed by atoms with van der Waals surface area (Å²) < 4.78 is 6.97. The fourth-order valence-corrected chi connectivity index (χ4v) is 10.9. The second-order valence-corrected chi connectivity index (χ2v) is 15.5. The van der Waals surface area contributed by atoms with E-state index >= 15 is 0 Å². The number of rotatable bonds is 7. The highest BCUT2D eigenvalue weighted by Gasteiger charge is 2.50. The third-order valence-corrected chi connectivity index (χ3v) is 13.1. The Balaban J connectivity index is 1.51. The van der Waals surface area contributed by atoms with Gasteiger partial charge in [-0.1, -0.05) is 94.3 Å². The number of hydrogen-bond acceptors (Lipinski definition) is 3. The highest BCUT2D eigenvalue weighted by molar-refractivity contribution is 6.99. The van der Waals surface area contributed by atoms with E-state index in [0.717, 1.165) is 19.4 Å². The number of piperidine rings is 1. The first kappa shape index (κ1) is 25.1. The van der Waals surface area contributed by atoms with Crippen LogP contribution < -0.4 is 16.1 Å². The zero-order chi connectivity index (χ0) is 24.2. The minimum atomic E-state index is -2.60. The lowest BCUT2D eigenvalue weighted by Gasteiger charge is -2.45. The molecule has 0 bridgehead atoms. The van der Waals surface area contributed by atoms with Crippen LogP contribution in [-0.4, -0.2) is 44.4 Å².